The van der Waals surface area contributed by atoms with Crippen molar-refractivity contribution < 1.29 is 14.4 Å². The summed E-state index contributed by atoms with van der Waals surface area (Å²) in [7, 11) is 0. The fourth-order valence-corrected chi connectivity index (χ4v) is 3.90. The summed E-state index contributed by atoms with van der Waals surface area (Å²) in [5, 5.41) is 5.63. The number of amides is 3. The molecule has 3 aromatic carbocycles. The van der Waals surface area contributed by atoms with Gasteiger partial charge in [0.15, 0.2) is 0 Å². The number of hydrogen-bond donors (Lipinski definition) is 2. The molecule has 0 fully saturated rings. The van der Waals surface area contributed by atoms with Crippen LogP contribution in [0.5, 0.6) is 0 Å². The van der Waals surface area contributed by atoms with Crippen LogP contribution in [0.3, 0.4) is 0 Å². The molecule has 0 saturated carbocycles. The smallest absolute Gasteiger partial charge is 0.283 e. The third-order valence-corrected chi connectivity index (χ3v) is 6.03. The molecule has 4 rings (SSSR count). The van der Waals surface area contributed by atoms with Gasteiger partial charge in [-0.3, -0.25) is 14.4 Å². The number of nitrogens with zero attached hydrogens (tertiary/aromatic N) is 1. The van der Waals surface area contributed by atoms with Crippen molar-refractivity contribution in [2.75, 3.05) is 15.5 Å². The van der Waals surface area contributed by atoms with Gasteiger partial charge in [0.05, 0.1) is 15.7 Å². The van der Waals surface area contributed by atoms with Gasteiger partial charge in [0.1, 0.15) is 10.7 Å². The van der Waals surface area contributed by atoms with Gasteiger partial charge in [0.2, 0.25) is 0 Å². The first-order chi connectivity index (χ1) is 15.8. The van der Waals surface area contributed by atoms with E-state index < -0.39 is 11.8 Å². The summed E-state index contributed by atoms with van der Waals surface area (Å²) in [5.41, 5.74) is 2.42. The lowest BCUT2D eigenvalue weighted by Gasteiger charge is -2.17. The molecule has 0 bridgehead atoms. The second-order valence-corrected chi connectivity index (χ2v) is 8.40. The Labute approximate surface area is 204 Å². The van der Waals surface area contributed by atoms with E-state index in [2.05, 4.69) is 10.6 Å². The van der Waals surface area contributed by atoms with E-state index in [1.54, 1.807) is 42.5 Å². The van der Waals surface area contributed by atoms with Gasteiger partial charge in [-0.25, -0.2) is 4.90 Å². The molecule has 6 nitrogen and oxygen atoms in total. The topological polar surface area (TPSA) is 78.5 Å². The van der Waals surface area contributed by atoms with Crippen LogP contribution in [-0.2, 0) is 9.59 Å². The summed E-state index contributed by atoms with van der Waals surface area (Å²) in [6.45, 7) is 1.93. The largest absolute Gasteiger partial charge is 0.350 e. The zero-order valence-corrected chi connectivity index (χ0v) is 19.4. The number of imide groups is 1. The van der Waals surface area contributed by atoms with E-state index in [0.717, 1.165) is 10.5 Å². The van der Waals surface area contributed by atoms with Crippen molar-refractivity contribution in [3.8, 4) is 0 Å². The Morgan fingerprint density at radius 3 is 2.30 bits per heavy atom. The number of anilines is 3. The lowest BCUT2D eigenvalue weighted by Crippen LogP contribution is -2.32. The first-order valence-corrected chi connectivity index (χ1v) is 10.9. The maximum Gasteiger partial charge on any atom is 0.283 e. The maximum absolute atomic E-state index is 13.0. The number of rotatable bonds is 5. The molecule has 0 aliphatic carbocycles. The van der Waals surface area contributed by atoms with Gasteiger partial charge >= 0.3 is 0 Å². The second kappa shape index (κ2) is 9.27. The Balaban J connectivity index is 1.56. The summed E-state index contributed by atoms with van der Waals surface area (Å²) in [4.78, 5) is 39.2. The third kappa shape index (κ3) is 4.59. The SMILES string of the molecule is Cc1cccc(NC(=O)c2cccc(NC3=C(Cl)C(=O)N(c4cccc(Cl)c4Cl)C3=O)c2)c1. The van der Waals surface area contributed by atoms with Gasteiger partial charge in [-0.05, 0) is 55.0 Å². The number of nitrogens with one attached hydrogen (secondary N) is 2. The Morgan fingerprint density at radius 2 is 1.55 bits per heavy atom. The first kappa shape index (κ1) is 22.9. The average Bonchev–Trinajstić information content (AvgIpc) is 2.99. The number of carbonyl (C=O) groups is 3. The molecule has 3 amide bonds. The summed E-state index contributed by atoms with van der Waals surface area (Å²) in [6.07, 6.45) is 0. The Morgan fingerprint density at radius 1 is 0.848 bits per heavy atom. The molecule has 2 N–H and O–H groups in total. The zero-order chi connectivity index (χ0) is 23.7. The Bertz CT molecular complexity index is 1340. The number of aryl methyl sites for hydroxylation is 1. The predicted octanol–water partition coefficient (Wildman–Crippen LogP) is 5.99. The molecule has 0 atom stereocenters. The van der Waals surface area contributed by atoms with Gasteiger partial charge in [-0.1, -0.05) is 59.1 Å². The highest BCUT2D eigenvalue weighted by molar-refractivity contribution is 6.54. The monoisotopic (exact) mass is 499 g/mol. The molecular weight excluding hydrogens is 485 g/mol. The third-order valence-electron chi connectivity index (χ3n) is 4.87. The highest BCUT2D eigenvalue weighted by Gasteiger charge is 2.40. The molecule has 33 heavy (non-hydrogen) atoms. The van der Waals surface area contributed by atoms with Crippen LogP contribution < -0.4 is 15.5 Å². The average molecular weight is 501 g/mol. The van der Waals surface area contributed by atoms with Gasteiger partial charge in [0.25, 0.3) is 17.7 Å². The fourth-order valence-electron chi connectivity index (χ4n) is 3.30. The standard InChI is InChI=1S/C24H16Cl3N3O3/c1-13-5-2-7-15(11-13)29-22(31)14-6-3-8-16(12-14)28-21-20(27)23(32)30(24(21)33)18-10-4-9-17(25)19(18)26/h2-12,28H,1H3,(H,29,31). The lowest BCUT2D eigenvalue weighted by atomic mass is 10.1. The van der Waals surface area contributed by atoms with E-state index in [9.17, 15) is 14.4 Å². The molecule has 0 radical (unpaired) electrons. The van der Waals surface area contributed by atoms with E-state index in [0.29, 0.717) is 16.9 Å². The summed E-state index contributed by atoms with van der Waals surface area (Å²) < 4.78 is 0. The highest BCUT2D eigenvalue weighted by atomic mass is 35.5. The number of halogens is 3. The minimum absolute atomic E-state index is 0.0569. The molecule has 0 saturated heterocycles. The first-order valence-electron chi connectivity index (χ1n) is 9.74. The van der Waals surface area contributed by atoms with Gasteiger partial charge in [0, 0.05) is 16.9 Å². The number of hydrogen-bond acceptors (Lipinski definition) is 4. The molecular formula is C24H16Cl3N3O3. The quantitative estimate of drug-likeness (QED) is 0.422. The van der Waals surface area contributed by atoms with Crippen LogP contribution >= 0.6 is 34.8 Å². The van der Waals surface area contributed by atoms with Crippen molar-refractivity contribution in [2.45, 2.75) is 6.92 Å². The van der Waals surface area contributed by atoms with Crippen LogP contribution in [-0.4, -0.2) is 17.7 Å². The minimum Gasteiger partial charge on any atom is -0.350 e. The van der Waals surface area contributed by atoms with Crippen molar-refractivity contribution in [1.29, 1.82) is 0 Å². The van der Waals surface area contributed by atoms with Gasteiger partial charge in [-0.15, -0.1) is 0 Å². The van der Waals surface area contributed by atoms with Crippen LogP contribution in [0.1, 0.15) is 15.9 Å². The minimum atomic E-state index is -0.735. The second-order valence-electron chi connectivity index (χ2n) is 7.24. The van der Waals surface area contributed by atoms with E-state index in [1.165, 1.54) is 6.07 Å². The molecule has 0 aromatic heterocycles. The summed E-state index contributed by atoms with van der Waals surface area (Å²) >= 11 is 18.4. The van der Waals surface area contributed by atoms with Crippen molar-refractivity contribution in [3.63, 3.8) is 0 Å². The predicted molar refractivity (Wildman–Crippen MR) is 131 cm³/mol. The highest BCUT2D eigenvalue weighted by Crippen LogP contribution is 2.37. The summed E-state index contributed by atoms with van der Waals surface area (Å²) in [5.74, 6) is -1.75. The van der Waals surface area contributed by atoms with E-state index in [-0.39, 0.29) is 32.4 Å². The van der Waals surface area contributed by atoms with Crippen LogP contribution in [0.15, 0.2) is 77.5 Å². The zero-order valence-electron chi connectivity index (χ0n) is 17.2. The van der Waals surface area contributed by atoms with Crippen LogP contribution in [0.4, 0.5) is 17.1 Å². The normalized spacial score (nSPS) is 13.5. The lowest BCUT2D eigenvalue weighted by molar-refractivity contribution is -0.120. The molecule has 0 spiro atoms. The van der Waals surface area contributed by atoms with Crippen LogP contribution in [0, 0.1) is 6.92 Å². The van der Waals surface area contributed by atoms with Gasteiger partial charge < -0.3 is 10.6 Å². The Hall–Kier alpha value is -3.32. The van der Waals surface area contributed by atoms with Crippen molar-refractivity contribution in [1.82, 2.24) is 0 Å². The molecule has 3 aromatic rings. The van der Waals surface area contributed by atoms with Crippen molar-refractivity contribution in [2.24, 2.45) is 0 Å². The molecule has 9 heteroatoms. The number of carbonyl (C=O) groups excluding carboxylic acids is 3. The summed E-state index contributed by atoms with van der Waals surface area (Å²) in [6, 6.07) is 18.5. The Kier molecular flexibility index (Phi) is 6.42. The maximum atomic E-state index is 13.0. The fraction of sp³-hybridized carbons (Fsp3) is 0.0417. The van der Waals surface area contributed by atoms with E-state index >= 15 is 0 Å². The molecule has 0 unspecified atom stereocenters. The van der Waals surface area contributed by atoms with Crippen molar-refractivity contribution >= 4 is 69.6 Å². The number of benzene rings is 3. The van der Waals surface area contributed by atoms with E-state index in [1.807, 2.05) is 25.1 Å². The molecule has 1 aliphatic heterocycles. The van der Waals surface area contributed by atoms with E-state index in [4.69, 9.17) is 34.8 Å². The molecule has 1 aliphatic rings. The van der Waals surface area contributed by atoms with Crippen LogP contribution in [0.25, 0.3) is 0 Å². The van der Waals surface area contributed by atoms with Crippen LogP contribution in [0.2, 0.25) is 10.0 Å². The van der Waals surface area contributed by atoms with Crippen molar-refractivity contribution in [3.05, 3.63) is 98.6 Å². The van der Waals surface area contributed by atoms with Gasteiger partial charge in [-0.2, -0.15) is 0 Å². The molecule has 166 valence electrons. The molecule has 1 heterocycles.